The Hall–Kier alpha value is -3.53. The van der Waals surface area contributed by atoms with Crippen molar-refractivity contribution >= 4 is 27.6 Å². The molecule has 0 spiro atoms. The van der Waals surface area contributed by atoms with Gasteiger partial charge in [0, 0.05) is 16.8 Å². The number of aromatic hydroxyl groups is 3. The van der Waals surface area contributed by atoms with Crippen LogP contribution in [-0.4, -0.2) is 55.3 Å². The van der Waals surface area contributed by atoms with Crippen LogP contribution in [0.5, 0.6) is 17.2 Å². The lowest BCUT2D eigenvalue weighted by atomic mass is 9.90. The summed E-state index contributed by atoms with van der Waals surface area (Å²) in [6, 6.07) is 6.29. The van der Waals surface area contributed by atoms with Crippen LogP contribution >= 0.6 is 0 Å². The summed E-state index contributed by atoms with van der Waals surface area (Å²) in [7, 11) is -0.438. The first-order valence-electron chi connectivity index (χ1n) is 8.16. The normalized spacial score (nSPS) is 11.4. The quantitative estimate of drug-likeness (QED) is 0.357. The molecule has 9 nitrogen and oxygen atoms in total. The van der Waals surface area contributed by atoms with Gasteiger partial charge in [-0.05, 0) is 30.2 Å². The van der Waals surface area contributed by atoms with Crippen molar-refractivity contribution in [3.8, 4) is 17.2 Å². The van der Waals surface area contributed by atoms with E-state index >= 15 is 0 Å². The highest BCUT2D eigenvalue weighted by atomic mass is 32.2. The monoisotopic (exact) mass is 422 g/mol. The summed E-state index contributed by atoms with van der Waals surface area (Å²) in [4.78, 5) is 23.6. The zero-order valence-corrected chi connectivity index (χ0v) is 16.3. The Morgan fingerprint density at radius 3 is 2.21 bits per heavy atom. The number of hydrogen-bond acceptors (Lipinski definition) is 9. The summed E-state index contributed by atoms with van der Waals surface area (Å²) in [5, 5.41) is 31.6. The van der Waals surface area contributed by atoms with E-state index in [1.54, 1.807) is 0 Å². The highest BCUT2D eigenvalue weighted by molar-refractivity contribution is 7.71. The summed E-state index contributed by atoms with van der Waals surface area (Å²) in [5.41, 5.74) is -0.382. The predicted octanol–water partition coefficient (Wildman–Crippen LogP) is 1.38. The van der Waals surface area contributed by atoms with Crippen LogP contribution in [0.3, 0.4) is 0 Å². The molecule has 10 heteroatoms. The number of para-hydroxylation sites is 1. The topological polar surface area (TPSA) is 147 Å². The molecule has 0 bridgehead atoms. The Morgan fingerprint density at radius 2 is 1.62 bits per heavy atom. The van der Waals surface area contributed by atoms with E-state index in [0.29, 0.717) is 0 Å². The van der Waals surface area contributed by atoms with E-state index in [0.717, 1.165) is 31.7 Å². The molecule has 154 valence electrons. The molecule has 0 radical (unpaired) electrons. The smallest absolute Gasteiger partial charge is 0.341 e. The highest BCUT2D eigenvalue weighted by Gasteiger charge is 2.24. The number of methoxy groups -OCH3 is 2. The second kappa shape index (κ2) is 9.11. The average molecular weight is 422 g/mol. The molecular weight excluding hydrogens is 404 g/mol. The van der Waals surface area contributed by atoms with E-state index in [1.165, 1.54) is 18.2 Å². The number of ether oxygens (including phenoxy) is 2. The van der Waals surface area contributed by atoms with Gasteiger partial charge in [0.1, 0.15) is 28.4 Å². The Kier molecular flexibility index (Phi) is 6.84. The standard InChI is InChI=1S/C19H18O9S/c1-27-18(23)14-5-3-4-13(17(14)22)11(9-29(25)26)6-10-7-12(20)8-15(16(10)21)19(24)28-2/h3-5,7-9,11,20-22H,6H2,1-2H3. The fourth-order valence-corrected chi connectivity index (χ4v) is 3.35. The number of rotatable bonds is 6. The third kappa shape index (κ3) is 4.85. The van der Waals surface area contributed by atoms with Crippen molar-refractivity contribution in [1.29, 1.82) is 0 Å². The molecule has 2 aromatic carbocycles. The van der Waals surface area contributed by atoms with E-state index < -0.39 is 39.6 Å². The molecule has 1 unspecified atom stereocenters. The summed E-state index contributed by atoms with van der Waals surface area (Å²) < 4.78 is 31.8. The molecule has 1 atom stereocenters. The third-order valence-electron chi connectivity index (χ3n) is 4.17. The zero-order valence-electron chi connectivity index (χ0n) is 15.4. The third-order valence-corrected chi connectivity index (χ3v) is 4.72. The van der Waals surface area contributed by atoms with E-state index in [9.17, 15) is 33.3 Å². The van der Waals surface area contributed by atoms with Crippen molar-refractivity contribution in [2.75, 3.05) is 14.2 Å². The van der Waals surface area contributed by atoms with E-state index in [-0.39, 0.29) is 34.4 Å². The number of carbonyl (C=O) groups excluding carboxylic acids is 2. The van der Waals surface area contributed by atoms with Crippen LogP contribution in [-0.2, 0) is 26.2 Å². The maximum atomic E-state index is 11.8. The molecule has 0 aliphatic rings. The molecule has 0 aromatic heterocycles. The number of hydrogen-bond donors (Lipinski definition) is 3. The van der Waals surface area contributed by atoms with Gasteiger partial charge in [-0.3, -0.25) is 0 Å². The lowest BCUT2D eigenvalue weighted by Gasteiger charge is -2.17. The van der Waals surface area contributed by atoms with Crippen LogP contribution in [0.2, 0.25) is 0 Å². The van der Waals surface area contributed by atoms with Gasteiger partial charge in [-0.2, -0.15) is 8.42 Å². The number of carbonyl (C=O) groups is 2. The van der Waals surface area contributed by atoms with E-state index in [2.05, 4.69) is 9.47 Å². The molecule has 2 rings (SSSR count). The molecule has 3 N–H and O–H groups in total. The Labute approximate surface area is 167 Å². The van der Waals surface area contributed by atoms with Gasteiger partial charge in [0.2, 0.25) is 10.3 Å². The van der Waals surface area contributed by atoms with Gasteiger partial charge in [-0.25, -0.2) is 9.59 Å². The number of phenolic OH excluding ortho intramolecular Hbond substituents is 3. The van der Waals surface area contributed by atoms with Crippen LogP contribution in [0.25, 0.3) is 0 Å². The summed E-state index contributed by atoms with van der Waals surface area (Å²) in [5.74, 6) is -4.10. The molecule has 0 heterocycles. The molecule has 0 saturated carbocycles. The fourth-order valence-electron chi connectivity index (χ4n) is 2.84. The van der Waals surface area contributed by atoms with E-state index in [1.807, 2.05) is 0 Å². The SMILES string of the molecule is COC(=O)c1cc(O)cc(CC(C=S(=O)=O)c2cccc(C(=O)OC)c2O)c1O. The first-order valence-corrected chi connectivity index (χ1v) is 9.29. The van der Waals surface area contributed by atoms with Gasteiger partial charge in [-0.15, -0.1) is 0 Å². The van der Waals surface area contributed by atoms with Crippen LogP contribution in [0.4, 0.5) is 0 Å². The Morgan fingerprint density at radius 1 is 1.00 bits per heavy atom. The van der Waals surface area contributed by atoms with Crippen molar-refractivity contribution in [2.45, 2.75) is 12.3 Å². The summed E-state index contributed by atoms with van der Waals surface area (Å²) in [6.07, 6.45) is -0.226. The largest absolute Gasteiger partial charge is 0.508 e. The zero-order chi connectivity index (χ0) is 21.7. The number of phenols is 3. The van der Waals surface area contributed by atoms with Gasteiger partial charge >= 0.3 is 11.9 Å². The average Bonchev–Trinajstić information content (AvgIpc) is 2.68. The van der Waals surface area contributed by atoms with Crippen LogP contribution in [0.1, 0.15) is 37.8 Å². The lowest BCUT2D eigenvalue weighted by Crippen LogP contribution is -2.10. The number of esters is 2. The van der Waals surface area contributed by atoms with Crippen LogP contribution < -0.4 is 0 Å². The molecule has 0 amide bonds. The van der Waals surface area contributed by atoms with Crippen LogP contribution in [0, 0.1) is 0 Å². The summed E-state index contributed by atoms with van der Waals surface area (Å²) in [6.45, 7) is 0. The molecule has 0 fully saturated rings. The first-order chi connectivity index (χ1) is 13.7. The minimum absolute atomic E-state index is 0.0278. The Bertz CT molecular complexity index is 1080. The minimum Gasteiger partial charge on any atom is -0.508 e. The molecular formula is C19H18O9S. The minimum atomic E-state index is -2.66. The van der Waals surface area contributed by atoms with Crippen molar-refractivity contribution < 1.29 is 42.8 Å². The van der Waals surface area contributed by atoms with Crippen molar-refractivity contribution in [3.63, 3.8) is 0 Å². The summed E-state index contributed by atoms with van der Waals surface area (Å²) >= 11 is 0. The maximum Gasteiger partial charge on any atom is 0.341 e. The molecule has 0 aliphatic heterocycles. The number of benzene rings is 2. The van der Waals surface area contributed by atoms with Gasteiger partial charge in [0.25, 0.3) is 0 Å². The highest BCUT2D eigenvalue weighted by Crippen LogP contribution is 2.35. The van der Waals surface area contributed by atoms with Gasteiger partial charge < -0.3 is 24.8 Å². The molecule has 0 aliphatic carbocycles. The second-order valence-corrected chi connectivity index (χ2v) is 6.73. The van der Waals surface area contributed by atoms with Gasteiger partial charge in [0.05, 0.1) is 14.2 Å². The lowest BCUT2D eigenvalue weighted by molar-refractivity contribution is 0.0587. The van der Waals surface area contributed by atoms with Crippen molar-refractivity contribution in [3.05, 3.63) is 52.6 Å². The maximum absolute atomic E-state index is 11.8. The predicted molar refractivity (Wildman–Crippen MR) is 102 cm³/mol. The van der Waals surface area contributed by atoms with Gasteiger partial charge in [-0.1, -0.05) is 12.1 Å². The van der Waals surface area contributed by atoms with Crippen LogP contribution in [0.15, 0.2) is 30.3 Å². The van der Waals surface area contributed by atoms with Crippen molar-refractivity contribution in [2.24, 2.45) is 0 Å². The molecule has 0 saturated heterocycles. The molecule has 29 heavy (non-hydrogen) atoms. The second-order valence-electron chi connectivity index (χ2n) is 5.93. The Balaban J connectivity index is 2.61. The van der Waals surface area contributed by atoms with Crippen molar-refractivity contribution in [1.82, 2.24) is 0 Å². The fraction of sp³-hybridized carbons (Fsp3) is 0.211. The van der Waals surface area contributed by atoms with E-state index in [4.69, 9.17) is 0 Å². The molecule has 2 aromatic rings. The van der Waals surface area contributed by atoms with Gasteiger partial charge in [0.15, 0.2) is 0 Å². The first kappa shape index (κ1) is 21.8.